The highest BCUT2D eigenvalue weighted by molar-refractivity contribution is 7.91. The summed E-state index contributed by atoms with van der Waals surface area (Å²) in [6, 6.07) is 63.8. The summed E-state index contributed by atoms with van der Waals surface area (Å²) in [7, 11) is -1.95. The van der Waals surface area contributed by atoms with Gasteiger partial charge in [0.2, 0.25) is 9.84 Å². The van der Waals surface area contributed by atoms with Crippen molar-refractivity contribution in [1.82, 2.24) is 0 Å². The van der Waals surface area contributed by atoms with Crippen LogP contribution < -0.4 is 19.3 Å². The van der Waals surface area contributed by atoms with E-state index in [4.69, 9.17) is 9.47 Å². The van der Waals surface area contributed by atoms with Gasteiger partial charge in [0.1, 0.15) is 17.2 Å². The van der Waals surface area contributed by atoms with E-state index in [1.54, 1.807) is 55.6 Å². The van der Waals surface area contributed by atoms with Gasteiger partial charge in [-0.15, -0.1) is 0 Å². The molecule has 59 heavy (non-hydrogen) atoms. The molecule has 8 aromatic carbocycles. The number of aryl methyl sites for hydroxylation is 3. The van der Waals surface area contributed by atoms with Gasteiger partial charge in [0, 0.05) is 34.1 Å². The van der Waals surface area contributed by atoms with E-state index < -0.39 is 9.84 Å². The average molecular weight is 793 g/mol. The minimum atomic E-state index is -3.63. The maximum Gasteiger partial charge on any atom is 0.206 e. The Morgan fingerprint density at radius 2 is 0.593 bits per heavy atom. The van der Waals surface area contributed by atoms with Gasteiger partial charge in [-0.1, -0.05) is 77.4 Å². The van der Waals surface area contributed by atoms with Gasteiger partial charge in [-0.3, -0.25) is 0 Å². The summed E-state index contributed by atoms with van der Waals surface area (Å²) in [6.07, 6.45) is 0. The number of hydrogen-bond acceptors (Lipinski definition) is 6. The van der Waals surface area contributed by atoms with Gasteiger partial charge < -0.3 is 19.3 Å². The van der Waals surface area contributed by atoms with Crippen LogP contribution in [-0.4, -0.2) is 15.5 Å². The lowest BCUT2D eigenvalue weighted by Gasteiger charge is -2.26. The normalized spacial score (nSPS) is 11.2. The van der Waals surface area contributed by atoms with Gasteiger partial charge in [-0.2, -0.15) is 0 Å². The van der Waals surface area contributed by atoms with Crippen LogP contribution in [0, 0.1) is 20.8 Å². The van der Waals surface area contributed by atoms with Crippen molar-refractivity contribution < 1.29 is 17.9 Å². The first-order valence-corrected chi connectivity index (χ1v) is 20.9. The third-order valence-electron chi connectivity index (χ3n) is 10.3. The fourth-order valence-corrected chi connectivity index (χ4v) is 8.22. The largest absolute Gasteiger partial charge is 0.497 e. The van der Waals surface area contributed by atoms with Crippen LogP contribution in [0.1, 0.15) is 16.7 Å². The van der Waals surface area contributed by atoms with Crippen molar-refractivity contribution in [2.24, 2.45) is 0 Å². The van der Waals surface area contributed by atoms with Crippen LogP contribution in [0.25, 0.3) is 11.1 Å². The number of anilines is 6. The second-order valence-corrected chi connectivity index (χ2v) is 16.5. The van der Waals surface area contributed by atoms with E-state index in [2.05, 4.69) is 133 Å². The van der Waals surface area contributed by atoms with Crippen LogP contribution in [-0.2, 0) is 9.84 Å². The van der Waals surface area contributed by atoms with Crippen molar-refractivity contribution in [2.45, 2.75) is 30.6 Å². The second-order valence-electron chi connectivity index (χ2n) is 14.5. The topological polar surface area (TPSA) is 59.1 Å². The van der Waals surface area contributed by atoms with Gasteiger partial charge in [0.05, 0.1) is 16.9 Å². The highest BCUT2D eigenvalue weighted by Gasteiger charge is 2.18. The Kier molecular flexibility index (Phi) is 11.0. The summed E-state index contributed by atoms with van der Waals surface area (Å²) in [5.41, 5.74) is 11.8. The van der Waals surface area contributed by atoms with E-state index in [9.17, 15) is 8.42 Å². The van der Waals surface area contributed by atoms with Crippen LogP contribution in [0.2, 0.25) is 0 Å². The fourth-order valence-electron chi connectivity index (χ4n) is 6.96. The monoisotopic (exact) mass is 792 g/mol. The minimum Gasteiger partial charge on any atom is -0.497 e. The summed E-state index contributed by atoms with van der Waals surface area (Å²) in [4.78, 5) is 4.95. The van der Waals surface area contributed by atoms with Crippen LogP contribution in [0.15, 0.2) is 204 Å². The lowest BCUT2D eigenvalue weighted by atomic mass is 10.0. The van der Waals surface area contributed by atoms with Crippen molar-refractivity contribution in [3.63, 3.8) is 0 Å². The first-order valence-electron chi connectivity index (χ1n) is 19.4. The molecule has 8 rings (SSSR count). The molecular formula is C52H44N2O4S. The Hall–Kier alpha value is -7.09. The quantitative estimate of drug-likeness (QED) is 0.123. The molecule has 0 radical (unpaired) electrons. The molecule has 0 N–H and O–H groups in total. The van der Waals surface area contributed by atoms with Crippen LogP contribution in [0.3, 0.4) is 0 Å². The first kappa shape index (κ1) is 38.8. The average Bonchev–Trinajstić information content (AvgIpc) is 3.27. The number of rotatable bonds is 12. The maximum absolute atomic E-state index is 13.2. The van der Waals surface area contributed by atoms with Gasteiger partial charge in [0.25, 0.3) is 0 Å². The number of methoxy groups -OCH3 is 1. The van der Waals surface area contributed by atoms with Crippen LogP contribution >= 0.6 is 0 Å². The first-order chi connectivity index (χ1) is 28.6. The van der Waals surface area contributed by atoms with E-state index in [1.165, 1.54) is 11.1 Å². The highest BCUT2D eigenvalue weighted by Crippen LogP contribution is 2.39. The zero-order chi connectivity index (χ0) is 40.9. The SMILES string of the molecule is COc1ccc(N(c2ccc(C)cc2)c2ccc(-c3ccc(N(c4ccc(C)cc4)c4ccc(Oc5ccc(S(=O)(=O)c6ccc(C)cc6)cc5)cc4)cc3)cc2)cc1. The second kappa shape index (κ2) is 16.8. The molecule has 0 atom stereocenters. The number of nitrogens with zero attached hydrogens (tertiary/aromatic N) is 2. The standard InChI is InChI=1S/C52H44N2O4S/c1-37-5-15-42(16-6-37)53(46-23-27-48(57-4)28-24-46)44-19-11-40(12-20-44)41-13-21-45(22-14-41)54(43-17-7-38(2)8-18-43)47-25-29-49(30-26-47)58-50-31-35-52(36-32-50)59(55,56)51-33-9-39(3)10-34-51/h5-36H,1-4H3. The Labute approximate surface area is 347 Å². The molecule has 0 unspecified atom stereocenters. The summed E-state index contributed by atoms with van der Waals surface area (Å²) in [6.45, 7) is 6.11. The van der Waals surface area contributed by atoms with E-state index in [0.29, 0.717) is 11.5 Å². The zero-order valence-electron chi connectivity index (χ0n) is 33.4. The highest BCUT2D eigenvalue weighted by atomic mass is 32.2. The van der Waals surface area contributed by atoms with Gasteiger partial charge >= 0.3 is 0 Å². The summed E-state index contributed by atoms with van der Waals surface area (Å²) in [5, 5.41) is 0. The Bertz CT molecular complexity index is 2750. The number of benzene rings is 8. The van der Waals surface area contributed by atoms with Gasteiger partial charge in [-0.05, 0) is 165 Å². The van der Waals surface area contributed by atoms with Crippen molar-refractivity contribution in [3.8, 4) is 28.4 Å². The Balaban J connectivity index is 1.02. The maximum atomic E-state index is 13.2. The molecule has 0 spiro atoms. The molecule has 0 aromatic heterocycles. The fraction of sp³-hybridized carbons (Fsp3) is 0.0769. The van der Waals surface area contributed by atoms with E-state index >= 15 is 0 Å². The molecule has 0 aliphatic carbocycles. The number of ether oxygens (including phenoxy) is 2. The van der Waals surface area contributed by atoms with Crippen molar-refractivity contribution in [1.29, 1.82) is 0 Å². The number of hydrogen-bond donors (Lipinski definition) is 0. The van der Waals surface area contributed by atoms with Crippen molar-refractivity contribution in [3.05, 3.63) is 211 Å². The predicted molar refractivity (Wildman–Crippen MR) is 240 cm³/mol. The number of sulfone groups is 1. The van der Waals surface area contributed by atoms with Crippen LogP contribution in [0.4, 0.5) is 34.1 Å². The van der Waals surface area contributed by atoms with Gasteiger partial charge in [0.15, 0.2) is 0 Å². The molecule has 0 saturated heterocycles. The summed E-state index contributed by atoms with van der Waals surface area (Å²) < 4.78 is 37.9. The van der Waals surface area contributed by atoms with Gasteiger partial charge in [-0.25, -0.2) is 8.42 Å². The molecule has 0 aliphatic heterocycles. The summed E-state index contributed by atoms with van der Waals surface area (Å²) in [5.74, 6) is 2.00. The lowest BCUT2D eigenvalue weighted by Crippen LogP contribution is -2.10. The predicted octanol–water partition coefficient (Wildman–Crippen LogP) is 13.9. The molecule has 0 heterocycles. The molecule has 6 nitrogen and oxygen atoms in total. The molecule has 292 valence electrons. The molecule has 0 amide bonds. The van der Waals surface area contributed by atoms with E-state index in [-0.39, 0.29) is 9.79 Å². The third kappa shape index (κ3) is 8.61. The summed E-state index contributed by atoms with van der Waals surface area (Å²) >= 11 is 0. The minimum absolute atomic E-state index is 0.218. The molecular weight excluding hydrogens is 749 g/mol. The lowest BCUT2D eigenvalue weighted by molar-refractivity contribution is 0.415. The molecule has 7 heteroatoms. The molecule has 0 aliphatic rings. The smallest absolute Gasteiger partial charge is 0.206 e. The Morgan fingerprint density at radius 3 is 0.932 bits per heavy atom. The van der Waals surface area contributed by atoms with E-state index in [0.717, 1.165) is 56.6 Å². The molecule has 8 aromatic rings. The molecule has 0 saturated carbocycles. The third-order valence-corrected chi connectivity index (χ3v) is 12.1. The Morgan fingerprint density at radius 1 is 0.339 bits per heavy atom. The van der Waals surface area contributed by atoms with E-state index in [1.807, 2.05) is 43.3 Å². The van der Waals surface area contributed by atoms with Crippen LogP contribution in [0.5, 0.6) is 17.2 Å². The molecule has 0 bridgehead atoms. The molecule has 0 fully saturated rings. The zero-order valence-corrected chi connectivity index (χ0v) is 34.2. The van der Waals surface area contributed by atoms with Crippen molar-refractivity contribution >= 4 is 44.0 Å². The van der Waals surface area contributed by atoms with Crippen molar-refractivity contribution in [2.75, 3.05) is 16.9 Å².